The lowest BCUT2D eigenvalue weighted by Gasteiger charge is -1.97. The van der Waals surface area contributed by atoms with Gasteiger partial charge in [-0.15, -0.1) is 0 Å². The SMILES string of the molecule is CC(=O)C=Cc1ccc(C2CC2)cc1. The van der Waals surface area contributed by atoms with Gasteiger partial charge >= 0.3 is 0 Å². The summed E-state index contributed by atoms with van der Waals surface area (Å²) in [4.78, 5) is 10.7. The molecule has 0 bridgehead atoms. The first kappa shape index (κ1) is 9.20. The van der Waals surface area contributed by atoms with E-state index in [0.29, 0.717) is 0 Å². The first-order valence-electron chi connectivity index (χ1n) is 5.04. The van der Waals surface area contributed by atoms with E-state index in [2.05, 4.69) is 24.3 Å². The van der Waals surface area contributed by atoms with Gasteiger partial charge in [-0.1, -0.05) is 30.3 Å². The molecule has 0 saturated heterocycles. The van der Waals surface area contributed by atoms with Crippen molar-refractivity contribution in [2.75, 3.05) is 0 Å². The highest BCUT2D eigenvalue weighted by atomic mass is 16.1. The van der Waals surface area contributed by atoms with Crippen molar-refractivity contribution in [3.8, 4) is 0 Å². The van der Waals surface area contributed by atoms with Crippen molar-refractivity contribution in [3.63, 3.8) is 0 Å². The van der Waals surface area contributed by atoms with Gasteiger partial charge in [0, 0.05) is 0 Å². The largest absolute Gasteiger partial charge is 0.295 e. The minimum absolute atomic E-state index is 0.0938. The average molecular weight is 186 g/mol. The minimum atomic E-state index is 0.0938. The maximum Gasteiger partial charge on any atom is 0.152 e. The summed E-state index contributed by atoms with van der Waals surface area (Å²) in [6.07, 6.45) is 6.14. The number of carbonyl (C=O) groups excluding carboxylic acids is 1. The Morgan fingerprint density at radius 1 is 1.29 bits per heavy atom. The molecule has 1 aliphatic carbocycles. The predicted molar refractivity (Wildman–Crippen MR) is 58.1 cm³/mol. The van der Waals surface area contributed by atoms with Crippen LogP contribution in [0.5, 0.6) is 0 Å². The maximum absolute atomic E-state index is 10.7. The Morgan fingerprint density at radius 3 is 2.43 bits per heavy atom. The van der Waals surface area contributed by atoms with Crippen LogP contribution in [0.1, 0.15) is 36.8 Å². The molecule has 0 atom stereocenters. The van der Waals surface area contributed by atoms with Crippen molar-refractivity contribution in [1.82, 2.24) is 0 Å². The number of allylic oxidation sites excluding steroid dienone is 1. The Morgan fingerprint density at radius 2 is 1.93 bits per heavy atom. The van der Waals surface area contributed by atoms with Gasteiger partial charge in [-0.25, -0.2) is 0 Å². The lowest BCUT2D eigenvalue weighted by molar-refractivity contribution is -0.112. The van der Waals surface area contributed by atoms with Crippen molar-refractivity contribution in [3.05, 3.63) is 41.5 Å². The Hall–Kier alpha value is -1.37. The van der Waals surface area contributed by atoms with Gasteiger partial charge in [0.2, 0.25) is 0 Å². The second-order valence-electron chi connectivity index (χ2n) is 3.88. The molecule has 2 rings (SSSR count). The van der Waals surface area contributed by atoms with Crippen LogP contribution in [0.3, 0.4) is 0 Å². The third kappa shape index (κ3) is 2.32. The van der Waals surface area contributed by atoms with Crippen LogP contribution in [0.4, 0.5) is 0 Å². The molecular weight excluding hydrogens is 172 g/mol. The van der Waals surface area contributed by atoms with Gasteiger partial charge in [0.05, 0.1) is 0 Å². The van der Waals surface area contributed by atoms with Crippen LogP contribution in [0, 0.1) is 0 Å². The van der Waals surface area contributed by atoms with E-state index in [4.69, 9.17) is 0 Å². The molecule has 72 valence electrons. The summed E-state index contributed by atoms with van der Waals surface area (Å²) in [5.41, 5.74) is 2.54. The normalized spacial score (nSPS) is 16.1. The van der Waals surface area contributed by atoms with Gasteiger partial charge in [-0.05, 0) is 42.9 Å². The first-order valence-corrected chi connectivity index (χ1v) is 5.04. The van der Waals surface area contributed by atoms with Crippen molar-refractivity contribution >= 4 is 11.9 Å². The lowest BCUT2D eigenvalue weighted by atomic mass is 10.1. The van der Waals surface area contributed by atoms with E-state index in [1.807, 2.05) is 6.08 Å². The number of benzene rings is 1. The number of rotatable bonds is 3. The minimum Gasteiger partial charge on any atom is -0.295 e. The fraction of sp³-hybridized carbons (Fsp3) is 0.308. The van der Waals surface area contributed by atoms with Gasteiger partial charge in [-0.2, -0.15) is 0 Å². The molecule has 0 radical (unpaired) electrons. The van der Waals surface area contributed by atoms with Crippen LogP contribution < -0.4 is 0 Å². The predicted octanol–water partition coefficient (Wildman–Crippen LogP) is 3.17. The highest BCUT2D eigenvalue weighted by Crippen LogP contribution is 2.39. The smallest absolute Gasteiger partial charge is 0.152 e. The Bertz CT molecular complexity index is 355. The molecule has 14 heavy (non-hydrogen) atoms. The van der Waals surface area contributed by atoms with Gasteiger partial charge < -0.3 is 0 Å². The molecule has 0 amide bonds. The van der Waals surface area contributed by atoms with E-state index in [9.17, 15) is 4.79 Å². The fourth-order valence-electron chi connectivity index (χ4n) is 1.51. The number of hydrogen-bond acceptors (Lipinski definition) is 1. The van der Waals surface area contributed by atoms with Crippen molar-refractivity contribution < 1.29 is 4.79 Å². The molecule has 1 aliphatic rings. The van der Waals surface area contributed by atoms with Crippen LogP contribution in [-0.2, 0) is 4.79 Å². The second kappa shape index (κ2) is 3.79. The molecule has 0 aromatic heterocycles. The maximum atomic E-state index is 10.7. The van der Waals surface area contributed by atoms with Gasteiger partial charge in [0.25, 0.3) is 0 Å². The van der Waals surface area contributed by atoms with E-state index in [0.717, 1.165) is 11.5 Å². The van der Waals surface area contributed by atoms with E-state index < -0.39 is 0 Å². The number of ketones is 1. The van der Waals surface area contributed by atoms with Gasteiger partial charge in [-0.3, -0.25) is 4.79 Å². The summed E-state index contributed by atoms with van der Waals surface area (Å²) in [6.45, 7) is 1.56. The molecule has 0 unspecified atom stereocenters. The summed E-state index contributed by atoms with van der Waals surface area (Å²) in [5.74, 6) is 0.900. The van der Waals surface area contributed by atoms with Gasteiger partial charge in [0.15, 0.2) is 5.78 Å². The van der Waals surface area contributed by atoms with Crippen molar-refractivity contribution in [2.45, 2.75) is 25.7 Å². The monoisotopic (exact) mass is 186 g/mol. The summed E-state index contributed by atoms with van der Waals surface area (Å²) >= 11 is 0. The summed E-state index contributed by atoms with van der Waals surface area (Å²) < 4.78 is 0. The second-order valence-corrected chi connectivity index (χ2v) is 3.88. The van der Waals surface area contributed by atoms with E-state index >= 15 is 0 Å². The summed E-state index contributed by atoms with van der Waals surface area (Å²) in [6, 6.07) is 8.48. The van der Waals surface area contributed by atoms with Gasteiger partial charge in [0.1, 0.15) is 0 Å². The standard InChI is InChI=1S/C13H14O/c1-10(14)2-3-11-4-6-12(7-5-11)13-8-9-13/h2-7,13H,8-9H2,1H3. The first-order chi connectivity index (χ1) is 6.75. The molecular formula is C13H14O. The quantitative estimate of drug-likeness (QED) is 0.663. The van der Waals surface area contributed by atoms with Crippen molar-refractivity contribution in [2.24, 2.45) is 0 Å². The molecule has 1 saturated carbocycles. The molecule has 1 aromatic carbocycles. The zero-order valence-electron chi connectivity index (χ0n) is 8.36. The van der Waals surface area contributed by atoms with E-state index in [-0.39, 0.29) is 5.78 Å². The average Bonchev–Trinajstić information content (AvgIpc) is 2.99. The number of carbonyl (C=O) groups is 1. The zero-order chi connectivity index (χ0) is 9.97. The summed E-state index contributed by atoms with van der Waals surface area (Å²) in [5, 5.41) is 0. The van der Waals surface area contributed by atoms with Crippen LogP contribution in [0.2, 0.25) is 0 Å². The highest BCUT2D eigenvalue weighted by Gasteiger charge is 2.22. The van der Waals surface area contributed by atoms with Crippen LogP contribution >= 0.6 is 0 Å². The molecule has 0 spiro atoms. The van der Waals surface area contributed by atoms with Crippen molar-refractivity contribution in [1.29, 1.82) is 0 Å². The Balaban J connectivity index is 2.09. The molecule has 0 heterocycles. The number of hydrogen-bond donors (Lipinski definition) is 0. The highest BCUT2D eigenvalue weighted by molar-refractivity contribution is 5.91. The topological polar surface area (TPSA) is 17.1 Å². The lowest BCUT2D eigenvalue weighted by Crippen LogP contribution is -1.81. The third-order valence-corrected chi connectivity index (χ3v) is 2.50. The fourth-order valence-corrected chi connectivity index (χ4v) is 1.51. The molecule has 1 fully saturated rings. The van der Waals surface area contributed by atoms with Crippen LogP contribution in [0.15, 0.2) is 30.3 Å². The third-order valence-electron chi connectivity index (χ3n) is 2.50. The van der Waals surface area contributed by atoms with Crippen LogP contribution in [0.25, 0.3) is 6.08 Å². The molecule has 1 aromatic rings. The Kier molecular flexibility index (Phi) is 2.49. The molecule has 0 N–H and O–H groups in total. The van der Waals surface area contributed by atoms with E-state index in [1.54, 1.807) is 13.0 Å². The Labute approximate surface area is 84.5 Å². The molecule has 0 aliphatic heterocycles. The zero-order valence-corrected chi connectivity index (χ0v) is 8.36. The summed E-state index contributed by atoms with van der Waals surface area (Å²) in [7, 11) is 0. The molecule has 1 nitrogen and oxygen atoms in total. The molecule has 1 heteroatoms. The van der Waals surface area contributed by atoms with Crippen LogP contribution in [-0.4, -0.2) is 5.78 Å². The van der Waals surface area contributed by atoms with E-state index in [1.165, 1.54) is 18.4 Å².